The summed E-state index contributed by atoms with van der Waals surface area (Å²) in [5.41, 5.74) is 0.959. The molecule has 0 saturated carbocycles. The van der Waals surface area contributed by atoms with Crippen molar-refractivity contribution in [2.24, 2.45) is 0 Å². The maximum absolute atomic E-state index is 11.9. The fourth-order valence-electron chi connectivity index (χ4n) is 1.74. The summed E-state index contributed by atoms with van der Waals surface area (Å²) >= 11 is 0. The van der Waals surface area contributed by atoms with Crippen LogP contribution in [0.15, 0.2) is 10.9 Å². The number of nitrogens with one attached hydrogen (secondary N) is 2. The van der Waals surface area contributed by atoms with Gasteiger partial charge in [-0.25, -0.2) is 0 Å². The highest BCUT2D eigenvalue weighted by molar-refractivity contribution is 5.95. The molecule has 0 aliphatic carbocycles. The third-order valence-corrected chi connectivity index (χ3v) is 2.51. The quantitative estimate of drug-likeness (QED) is 0.767. The first-order valence-corrected chi connectivity index (χ1v) is 6.10. The molecule has 0 atom stereocenters. The van der Waals surface area contributed by atoms with E-state index in [0.29, 0.717) is 17.9 Å². The summed E-state index contributed by atoms with van der Waals surface area (Å²) < 4.78 is 4.73. The Morgan fingerprint density at radius 2 is 2.05 bits per heavy atom. The average Bonchev–Trinajstić information content (AvgIpc) is 2.27. The van der Waals surface area contributed by atoms with Gasteiger partial charge in [-0.1, -0.05) is 0 Å². The van der Waals surface area contributed by atoms with Gasteiger partial charge in [-0.2, -0.15) is 0 Å². The van der Waals surface area contributed by atoms with Gasteiger partial charge in [0.1, 0.15) is 5.56 Å². The van der Waals surface area contributed by atoms with E-state index in [4.69, 9.17) is 4.74 Å². The topological polar surface area (TPSA) is 88.3 Å². The summed E-state index contributed by atoms with van der Waals surface area (Å²) in [4.78, 5) is 37.2. The van der Waals surface area contributed by atoms with Crippen molar-refractivity contribution in [3.05, 3.63) is 33.2 Å². The Labute approximate surface area is 111 Å². The van der Waals surface area contributed by atoms with E-state index >= 15 is 0 Å². The molecule has 19 heavy (non-hydrogen) atoms. The normalized spacial score (nSPS) is 10.1. The second kappa shape index (κ2) is 6.72. The summed E-state index contributed by atoms with van der Waals surface area (Å²) in [6.45, 7) is 5.61. The van der Waals surface area contributed by atoms with Crippen molar-refractivity contribution in [2.75, 3.05) is 13.2 Å². The van der Waals surface area contributed by atoms with Gasteiger partial charge >= 0.3 is 5.97 Å². The van der Waals surface area contributed by atoms with Crippen LogP contribution in [0.5, 0.6) is 0 Å². The number of esters is 1. The van der Waals surface area contributed by atoms with Gasteiger partial charge in [0.2, 0.25) is 0 Å². The Hall–Kier alpha value is -2.11. The Morgan fingerprint density at radius 3 is 2.63 bits per heavy atom. The Morgan fingerprint density at radius 1 is 1.37 bits per heavy atom. The van der Waals surface area contributed by atoms with Crippen LogP contribution in [-0.2, 0) is 9.53 Å². The minimum Gasteiger partial charge on any atom is -0.466 e. The number of carbonyl (C=O) groups excluding carboxylic acids is 2. The molecule has 1 aromatic rings. The lowest BCUT2D eigenvalue weighted by Crippen LogP contribution is -2.32. The number of hydrogen-bond acceptors (Lipinski definition) is 4. The lowest BCUT2D eigenvalue weighted by molar-refractivity contribution is -0.142. The van der Waals surface area contributed by atoms with Gasteiger partial charge in [-0.15, -0.1) is 0 Å². The second-order valence-electron chi connectivity index (χ2n) is 4.15. The average molecular weight is 266 g/mol. The van der Waals surface area contributed by atoms with Gasteiger partial charge in [0, 0.05) is 12.2 Å². The Bertz CT molecular complexity index is 534. The van der Waals surface area contributed by atoms with Crippen molar-refractivity contribution in [3.8, 4) is 0 Å². The molecule has 104 valence electrons. The molecule has 1 heterocycles. The van der Waals surface area contributed by atoms with E-state index in [-0.39, 0.29) is 24.5 Å². The van der Waals surface area contributed by atoms with Crippen LogP contribution in [0.1, 0.15) is 35.0 Å². The zero-order valence-electron chi connectivity index (χ0n) is 11.3. The van der Waals surface area contributed by atoms with E-state index in [1.54, 1.807) is 26.8 Å². The van der Waals surface area contributed by atoms with Gasteiger partial charge in [-0.05, 0) is 32.4 Å². The van der Waals surface area contributed by atoms with Crippen LogP contribution < -0.4 is 10.9 Å². The smallest absolute Gasteiger partial charge is 0.307 e. The third kappa shape index (κ3) is 4.24. The molecule has 0 bridgehead atoms. The van der Waals surface area contributed by atoms with Crippen molar-refractivity contribution < 1.29 is 14.3 Å². The molecule has 6 nitrogen and oxygen atoms in total. The molecule has 0 unspecified atom stereocenters. The van der Waals surface area contributed by atoms with Crippen LogP contribution >= 0.6 is 0 Å². The minimum absolute atomic E-state index is 0.0782. The fraction of sp³-hybridized carbons (Fsp3) is 0.462. The molecule has 1 rings (SSSR count). The van der Waals surface area contributed by atoms with E-state index < -0.39 is 11.5 Å². The molecular formula is C13H18N2O4. The minimum atomic E-state index is -0.483. The lowest BCUT2D eigenvalue weighted by atomic mass is 10.1. The van der Waals surface area contributed by atoms with Crippen molar-refractivity contribution >= 4 is 11.9 Å². The molecule has 0 aliphatic heterocycles. The zero-order chi connectivity index (χ0) is 14.4. The molecule has 0 saturated heterocycles. The van der Waals surface area contributed by atoms with Crippen molar-refractivity contribution in [3.63, 3.8) is 0 Å². The molecule has 2 N–H and O–H groups in total. The van der Waals surface area contributed by atoms with Gasteiger partial charge in [0.25, 0.3) is 11.5 Å². The molecule has 1 aromatic heterocycles. The number of aromatic amines is 1. The largest absolute Gasteiger partial charge is 0.466 e. The van der Waals surface area contributed by atoms with Gasteiger partial charge in [0.15, 0.2) is 0 Å². The standard InChI is InChI=1S/C13H18N2O4/c1-4-19-10(16)5-6-14-12(17)11-8(2)7-9(3)15-13(11)18/h7H,4-6H2,1-3H3,(H,14,17)(H,15,18). The highest BCUT2D eigenvalue weighted by Gasteiger charge is 2.14. The van der Waals surface area contributed by atoms with E-state index in [1.165, 1.54) is 0 Å². The van der Waals surface area contributed by atoms with E-state index in [1.807, 2.05) is 0 Å². The number of ether oxygens (including phenoxy) is 1. The number of amides is 1. The molecule has 0 aliphatic rings. The number of hydrogen-bond donors (Lipinski definition) is 2. The van der Waals surface area contributed by atoms with Crippen LogP contribution in [-0.4, -0.2) is 30.0 Å². The predicted octanol–water partition coefficient (Wildman–Crippen LogP) is 0.675. The van der Waals surface area contributed by atoms with Gasteiger partial charge in [-0.3, -0.25) is 14.4 Å². The Balaban J connectivity index is 2.65. The number of aryl methyl sites for hydroxylation is 2. The predicted molar refractivity (Wildman–Crippen MR) is 70.1 cm³/mol. The highest BCUT2D eigenvalue weighted by atomic mass is 16.5. The highest BCUT2D eigenvalue weighted by Crippen LogP contribution is 2.03. The number of pyridine rings is 1. The SMILES string of the molecule is CCOC(=O)CCNC(=O)c1c(C)cc(C)[nH]c1=O. The van der Waals surface area contributed by atoms with Crippen LogP contribution in [0.4, 0.5) is 0 Å². The first kappa shape index (κ1) is 14.9. The first-order valence-electron chi connectivity index (χ1n) is 6.10. The molecule has 0 fully saturated rings. The van der Waals surface area contributed by atoms with E-state index in [2.05, 4.69) is 10.3 Å². The monoisotopic (exact) mass is 266 g/mol. The molecule has 0 aromatic carbocycles. The van der Waals surface area contributed by atoms with Crippen LogP contribution in [0.2, 0.25) is 0 Å². The van der Waals surface area contributed by atoms with Gasteiger partial charge in [0.05, 0.1) is 13.0 Å². The summed E-state index contributed by atoms with van der Waals surface area (Å²) in [7, 11) is 0. The molecule has 0 radical (unpaired) electrons. The van der Waals surface area contributed by atoms with Crippen molar-refractivity contribution in [2.45, 2.75) is 27.2 Å². The summed E-state index contributed by atoms with van der Waals surface area (Å²) in [5, 5.41) is 2.53. The molecular weight excluding hydrogens is 248 g/mol. The molecule has 0 spiro atoms. The maximum Gasteiger partial charge on any atom is 0.307 e. The maximum atomic E-state index is 11.9. The van der Waals surface area contributed by atoms with Crippen molar-refractivity contribution in [1.82, 2.24) is 10.3 Å². The first-order chi connectivity index (χ1) is 8.95. The summed E-state index contributed by atoms with van der Waals surface area (Å²) in [5.74, 6) is -0.861. The number of aromatic nitrogens is 1. The van der Waals surface area contributed by atoms with Crippen LogP contribution in [0.25, 0.3) is 0 Å². The second-order valence-corrected chi connectivity index (χ2v) is 4.15. The fourth-order valence-corrected chi connectivity index (χ4v) is 1.74. The third-order valence-electron chi connectivity index (χ3n) is 2.51. The van der Waals surface area contributed by atoms with E-state index in [9.17, 15) is 14.4 Å². The van der Waals surface area contributed by atoms with Crippen LogP contribution in [0.3, 0.4) is 0 Å². The molecule has 6 heteroatoms. The summed E-state index contributed by atoms with van der Waals surface area (Å²) in [6, 6.07) is 1.72. The number of carbonyl (C=O) groups is 2. The van der Waals surface area contributed by atoms with E-state index in [0.717, 1.165) is 0 Å². The number of H-pyrrole nitrogens is 1. The van der Waals surface area contributed by atoms with Gasteiger partial charge < -0.3 is 15.0 Å². The van der Waals surface area contributed by atoms with Crippen molar-refractivity contribution in [1.29, 1.82) is 0 Å². The molecule has 1 amide bonds. The lowest BCUT2D eigenvalue weighted by Gasteiger charge is -2.07. The Kier molecular flexibility index (Phi) is 5.29. The van der Waals surface area contributed by atoms with Crippen LogP contribution in [0, 0.1) is 13.8 Å². The number of rotatable bonds is 5. The summed E-state index contributed by atoms with van der Waals surface area (Å²) in [6.07, 6.45) is 0.0857. The zero-order valence-corrected chi connectivity index (χ0v) is 11.3.